The second-order valence-electron chi connectivity index (χ2n) is 6.66. The minimum absolute atomic E-state index is 0.0494. The van der Waals surface area contributed by atoms with Gasteiger partial charge >= 0.3 is 6.18 Å². The van der Waals surface area contributed by atoms with Gasteiger partial charge in [-0.2, -0.15) is 13.2 Å². The molecule has 0 unspecified atom stereocenters. The van der Waals surface area contributed by atoms with E-state index in [9.17, 15) is 26.4 Å². The number of sulfonamides is 1. The van der Waals surface area contributed by atoms with Gasteiger partial charge in [0.1, 0.15) is 5.76 Å². The van der Waals surface area contributed by atoms with Crippen LogP contribution in [0.3, 0.4) is 0 Å². The van der Waals surface area contributed by atoms with E-state index in [0.29, 0.717) is 11.1 Å². The smallest absolute Gasteiger partial charge is 0.416 e. The molecule has 0 saturated heterocycles. The minimum Gasteiger partial charge on any atom is -0.451 e. The van der Waals surface area contributed by atoms with Crippen LogP contribution in [-0.4, -0.2) is 21.4 Å². The molecular formula is C21H19F3N2O4S. The molecule has 0 aliphatic rings. The van der Waals surface area contributed by atoms with Gasteiger partial charge in [0.2, 0.25) is 10.0 Å². The van der Waals surface area contributed by atoms with Gasteiger partial charge in [0.15, 0.2) is 5.76 Å². The number of alkyl halides is 3. The van der Waals surface area contributed by atoms with Gasteiger partial charge < -0.3 is 9.73 Å². The SMILES string of the molecule is CNS(=O)(=O)Cc1ccccc1CNC(=O)c1ccc(-c2cccc(C(F)(F)F)c2)o1. The molecular weight excluding hydrogens is 433 g/mol. The molecule has 10 heteroatoms. The summed E-state index contributed by atoms with van der Waals surface area (Å²) in [7, 11) is -2.17. The zero-order valence-electron chi connectivity index (χ0n) is 16.4. The van der Waals surface area contributed by atoms with Crippen LogP contribution in [0, 0.1) is 0 Å². The van der Waals surface area contributed by atoms with Crippen molar-refractivity contribution in [2.24, 2.45) is 0 Å². The van der Waals surface area contributed by atoms with Crippen LogP contribution in [0.1, 0.15) is 27.2 Å². The molecule has 31 heavy (non-hydrogen) atoms. The first-order chi connectivity index (χ1) is 14.6. The molecule has 0 radical (unpaired) electrons. The Morgan fingerprint density at radius 3 is 2.39 bits per heavy atom. The number of hydrogen-bond donors (Lipinski definition) is 2. The van der Waals surface area contributed by atoms with E-state index in [0.717, 1.165) is 12.1 Å². The Hall–Kier alpha value is -3.11. The van der Waals surface area contributed by atoms with Crippen molar-refractivity contribution in [1.29, 1.82) is 0 Å². The van der Waals surface area contributed by atoms with Crippen molar-refractivity contribution in [2.45, 2.75) is 18.5 Å². The van der Waals surface area contributed by atoms with Crippen LogP contribution in [0.4, 0.5) is 13.2 Å². The molecule has 0 saturated carbocycles. The average Bonchev–Trinajstić information content (AvgIpc) is 3.23. The van der Waals surface area contributed by atoms with Crippen LogP contribution < -0.4 is 10.0 Å². The van der Waals surface area contributed by atoms with Crippen molar-refractivity contribution in [3.8, 4) is 11.3 Å². The summed E-state index contributed by atoms with van der Waals surface area (Å²) in [6.45, 7) is 0.0494. The number of amides is 1. The van der Waals surface area contributed by atoms with Crippen LogP contribution in [-0.2, 0) is 28.5 Å². The lowest BCUT2D eigenvalue weighted by Gasteiger charge is -2.10. The van der Waals surface area contributed by atoms with Gasteiger partial charge in [-0.05, 0) is 42.4 Å². The fourth-order valence-corrected chi connectivity index (χ4v) is 3.71. The van der Waals surface area contributed by atoms with E-state index in [1.54, 1.807) is 24.3 Å². The summed E-state index contributed by atoms with van der Waals surface area (Å²) in [6.07, 6.45) is -4.49. The number of nitrogens with one attached hydrogen (secondary N) is 2. The summed E-state index contributed by atoms with van der Waals surface area (Å²) in [5.74, 6) is -0.773. The molecule has 0 atom stereocenters. The molecule has 1 aromatic heterocycles. The highest BCUT2D eigenvalue weighted by Gasteiger charge is 2.30. The largest absolute Gasteiger partial charge is 0.451 e. The van der Waals surface area contributed by atoms with Crippen molar-refractivity contribution in [2.75, 3.05) is 7.05 Å². The van der Waals surface area contributed by atoms with Crippen molar-refractivity contribution < 1.29 is 30.8 Å². The topological polar surface area (TPSA) is 88.4 Å². The Balaban J connectivity index is 1.72. The summed E-state index contributed by atoms with van der Waals surface area (Å²) in [5, 5.41) is 2.63. The zero-order chi connectivity index (χ0) is 22.6. The number of hydrogen-bond acceptors (Lipinski definition) is 4. The number of rotatable bonds is 7. The van der Waals surface area contributed by atoms with Crippen LogP contribution in [0.25, 0.3) is 11.3 Å². The molecule has 1 heterocycles. The van der Waals surface area contributed by atoms with E-state index < -0.39 is 27.7 Å². The van der Waals surface area contributed by atoms with E-state index >= 15 is 0 Å². The molecule has 1 amide bonds. The standard InChI is InChI=1S/C21H19F3N2O4S/c1-25-31(28,29)13-16-6-3-2-5-15(16)12-26-20(27)19-10-9-18(30-19)14-7-4-8-17(11-14)21(22,23)24/h2-11,25H,12-13H2,1H3,(H,26,27). The Morgan fingerprint density at radius 2 is 1.71 bits per heavy atom. The Morgan fingerprint density at radius 1 is 1.00 bits per heavy atom. The Labute approximate surface area is 177 Å². The highest BCUT2D eigenvalue weighted by Crippen LogP contribution is 2.32. The molecule has 3 rings (SSSR count). The summed E-state index contributed by atoms with van der Waals surface area (Å²) in [4.78, 5) is 12.4. The van der Waals surface area contributed by atoms with Gasteiger partial charge in [0.05, 0.1) is 11.3 Å². The fraction of sp³-hybridized carbons (Fsp3) is 0.190. The van der Waals surface area contributed by atoms with E-state index in [2.05, 4.69) is 10.0 Å². The van der Waals surface area contributed by atoms with E-state index in [1.807, 2.05) is 0 Å². The second kappa shape index (κ2) is 8.94. The van der Waals surface area contributed by atoms with Gasteiger partial charge in [0, 0.05) is 12.1 Å². The predicted octanol–water partition coefficient (Wildman–Crippen LogP) is 3.94. The third kappa shape index (κ3) is 5.74. The number of carbonyl (C=O) groups excluding carboxylic acids is 1. The summed E-state index contributed by atoms with van der Waals surface area (Å²) >= 11 is 0. The molecule has 0 bridgehead atoms. The third-order valence-corrected chi connectivity index (χ3v) is 5.83. The molecule has 0 aliphatic carbocycles. The maximum atomic E-state index is 12.9. The molecule has 0 fully saturated rings. The number of carbonyl (C=O) groups is 1. The molecule has 0 spiro atoms. The Bertz CT molecular complexity index is 1190. The first kappa shape index (κ1) is 22.6. The van der Waals surface area contributed by atoms with Crippen molar-refractivity contribution in [1.82, 2.24) is 10.0 Å². The number of benzene rings is 2. The maximum absolute atomic E-state index is 12.9. The lowest BCUT2D eigenvalue weighted by molar-refractivity contribution is -0.137. The van der Waals surface area contributed by atoms with Crippen LogP contribution in [0.5, 0.6) is 0 Å². The molecule has 0 aliphatic heterocycles. The fourth-order valence-electron chi connectivity index (χ4n) is 2.87. The lowest BCUT2D eigenvalue weighted by atomic mass is 10.1. The zero-order valence-corrected chi connectivity index (χ0v) is 17.2. The monoisotopic (exact) mass is 452 g/mol. The van der Waals surface area contributed by atoms with Crippen LogP contribution in [0.15, 0.2) is 65.1 Å². The summed E-state index contributed by atoms with van der Waals surface area (Å²) < 4.78 is 70.0. The molecule has 6 nitrogen and oxygen atoms in total. The lowest BCUT2D eigenvalue weighted by Crippen LogP contribution is -2.24. The van der Waals surface area contributed by atoms with Gasteiger partial charge in [-0.1, -0.05) is 36.4 Å². The van der Waals surface area contributed by atoms with E-state index in [-0.39, 0.29) is 29.4 Å². The van der Waals surface area contributed by atoms with E-state index in [4.69, 9.17) is 4.42 Å². The summed E-state index contributed by atoms with van der Waals surface area (Å²) in [6, 6.07) is 14.1. The van der Waals surface area contributed by atoms with E-state index in [1.165, 1.54) is 31.3 Å². The van der Waals surface area contributed by atoms with Gasteiger partial charge in [-0.15, -0.1) is 0 Å². The predicted molar refractivity (Wildman–Crippen MR) is 108 cm³/mol. The Kier molecular flexibility index (Phi) is 6.51. The van der Waals surface area contributed by atoms with Gasteiger partial charge in [-0.3, -0.25) is 4.79 Å². The van der Waals surface area contributed by atoms with Gasteiger partial charge in [-0.25, -0.2) is 13.1 Å². The highest BCUT2D eigenvalue weighted by atomic mass is 32.2. The maximum Gasteiger partial charge on any atom is 0.416 e. The highest BCUT2D eigenvalue weighted by molar-refractivity contribution is 7.88. The normalized spacial score (nSPS) is 12.0. The minimum atomic E-state index is -4.49. The first-order valence-corrected chi connectivity index (χ1v) is 10.8. The summed E-state index contributed by atoms with van der Waals surface area (Å²) in [5.41, 5.74) is 0.512. The average molecular weight is 452 g/mol. The van der Waals surface area contributed by atoms with Gasteiger partial charge in [0.25, 0.3) is 5.91 Å². The molecule has 164 valence electrons. The molecule has 2 aromatic carbocycles. The number of furan rings is 1. The first-order valence-electron chi connectivity index (χ1n) is 9.13. The van der Waals surface area contributed by atoms with Crippen LogP contribution >= 0.6 is 0 Å². The van der Waals surface area contributed by atoms with Crippen LogP contribution in [0.2, 0.25) is 0 Å². The number of halogens is 3. The second-order valence-corrected chi connectivity index (χ2v) is 8.58. The van der Waals surface area contributed by atoms with Crippen molar-refractivity contribution in [3.05, 3.63) is 83.1 Å². The molecule has 2 N–H and O–H groups in total. The third-order valence-electron chi connectivity index (χ3n) is 4.52. The quantitative estimate of drug-likeness (QED) is 0.568. The van der Waals surface area contributed by atoms with Crippen molar-refractivity contribution >= 4 is 15.9 Å². The van der Waals surface area contributed by atoms with Crippen molar-refractivity contribution in [3.63, 3.8) is 0 Å². The molecule has 3 aromatic rings.